The molecule has 1 amide bonds. The Kier molecular flexibility index (Phi) is 5.89. The minimum absolute atomic E-state index is 0.193. The summed E-state index contributed by atoms with van der Waals surface area (Å²) in [7, 11) is 0. The zero-order valence-electron chi connectivity index (χ0n) is 14.0. The molecule has 1 N–H and O–H groups in total. The van der Waals surface area contributed by atoms with Crippen LogP contribution < -0.4 is 10.1 Å². The number of aryl methyl sites for hydroxylation is 2. The zero-order chi connectivity index (χ0) is 17.5. The van der Waals surface area contributed by atoms with Crippen LogP contribution in [0.25, 0.3) is 0 Å². The van der Waals surface area contributed by atoms with Gasteiger partial charge in [0.1, 0.15) is 5.56 Å². The minimum Gasteiger partial charge on any atom is -0.477 e. The average molecular weight is 328 g/mol. The molecule has 0 radical (unpaired) electrons. The molecule has 0 fully saturated rings. The van der Waals surface area contributed by atoms with E-state index in [9.17, 15) is 9.59 Å². The van der Waals surface area contributed by atoms with Crippen LogP contribution in [-0.2, 0) is 9.53 Å². The average Bonchev–Trinajstić information content (AvgIpc) is 2.52. The van der Waals surface area contributed by atoms with Gasteiger partial charge in [0, 0.05) is 11.9 Å². The van der Waals surface area contributed by atoms with Gasteiger partial charge in [-0.3, -0.25) is 4.79 Å². The molecule has 0 bridgehead atoms. The Labute approximate surface area is 140 Å². The highest BCUT2D eigenvalue weighted by molar-refractivity contribution is 5.96. The predicted molar refractivity (Wildman–Crippen MR) is 90.2 cm³/mol. The summed E-state index contributed by atoms with van der Waals surface area (Å²) in [5.74, 6) is -0.864. The number of benzene rings is 1. The molecule has 2 aromatic rings. The monoisotopic (exact) mass is 328 g/mol. The van der Waals surface area contributed by atoms with E-state index in [4.69, 9.17) is 9.47 Å². The quantitative estimate of drug-likeness (QED) is 0.825. The van der Waals surface area contributed by atoms with Crippen molar-refractivity contribution in [1.82, 2.24) is 4.98 Å². The highest BCUT2D eigenvalue weighted by Crippen LogP contribution is 2.16. The van der Waals surface area contributed by atoms with Crippen molar-refractivity contribution in [1.29, 1.82) is 0 Å². The standard InChI is InChI=1S/C18H20N2O4/c1-4-23-17-15(6-5-7-19-17)18(22)24-11-16(21)20-14-9-12(2)8-13(3)10-14/h5-10H,4,11H2,1-3H3,(H,20,21). The molecule has 1 heterocycles. The van der Waals surface area contributed by atoms with Crippen LogP contribution in [0, 0.1) is 13.8 Å². The fraction of sp³-hybridized carbons (Fsp3) is 0.278. The number of amides is 1. The van der Waals surface area contributed by atoms with Crippen molar-refractivity contribution in [3.63, 3.8) is 0 Å². The topological polar surface area (TPSA) is 77.5 Å². The SMILES string of the molecule is CCOc1ncccc1C(=O)OCC(=O)Nc1cc(C)cc(C)c1. The molecule has 6 heteroatoms. The Morgan fingerprint density at radius 1 is 1.17 bits per heavy atom. The first-order valence-electron chi connectivity index (χ1n) is 7.62. The first kappa shape index (κ1) is 17.5. The second kappa shape index (κ2) is 8.10. The van der Waals surface area contributed by atoms with Crippen LogP contribution in [-0.4, -0.2) is 30.1 Å². The van der Waals surface area contributed by atoms with E-state index in [2.05, 4.69) is 10.3 Å². The number of carbonyl (C=O) groups is 2. The summed E-state index contributed by atoms with van der Waals surface area (Å²) < 4.78 is 10.3. The number of ether oxygens (including phenoxy) is 2. The number of aromatic nitrogens is 1. The molecule has 0 atom stereocenters. The van der Waals surface area contributed by atoms with Crippen LogP contribution in [0.3, 0.4) is 0 Å². The maximum Gasteiger partial charge on any atom is 0.344 e. The molecule has 1 aromatic heterocycles. The first-order valence-corrected chi connectivity index (χ1v) is 7.62. The highest BCUT2D eigenvalue weighted by atomic mass is 16.5. The Balaban J connectivity index is 1.95. The maximum atomic E-state index is 12.1. The molecule has 2 rings (SSSR count). The van der Waals surface area contributed by atoms with E-state index in [1.807, 2.05) is 32.0 Å². The minimum atomic E-state index is -0.651. The third kappa shape index (κ3) is 4.81. The van der Waals surface area contributed by atoms with Gasteiger partial charge in [-0.2, -0.15) is 0 Å². The molecule has 24 heavy (non-hydrogen) atoms. The smallest absolute Gasteiger partial charge is 0.344 e. The first-order chi connectivity index (χ1) is 11.5. The van der Waals surface area contributed by atoms with Crippen molar-refractivity contribution in [3.05, 3.63) is 53.2 Å². The number of esters is 1. The van der Waals surface area contributed by atoms with E-state index in [0.717, 1.165) is 11.1 Å². The summed E-state index contributed by atoms with van der Waals surface area (Å²) >= 11 is 0. The Hall–Kier alpha value is -2.89. The number of anilines is 1. The van der Waals surface area contributed by atoms with Gasteiger partial charge < -0.3 is 14.8 Å². The largest absolute Gasteiger partial charge is 0.477 e. The summed E-state index contributed by atoms with van der Waals surface area (Å²) in [5.41, 5.74) is 2.95. The normalized spacial score (nSPS) is 10.1. The number of rotatable bonds is 6. The van der Waals surface area contributed by atoms with E-state index >= 15 is 0 Å². The number of nitrogens with zero attached hydrogens (tertiary/aromatic N) is 1. The van der Waals surface area contributed by atoms with Gasteiger partial charge in [-0.15, -0.1) is 0 Å². The Morgan fingerprint density at radius 3 is 2.54 bits per heavy atom. The number of hydrogen-bond acceptors (Lipinski definition) is 5. The third-order valence-corrected chi connectivity index (χ3v) is 3.11. The molecule has 1 aromatic carbocycles. The van der Waals surface area contributed by atoms with Crippen LogP contribution in [0.5, 0.6) is 5.88 Å². The molecule has 0 aliphatic rings. The van der Waals surface area contributed by atoms with Crippen LogP contribution >= 0.6 is 0 Å². The van der Waals surface area contributed by atoms with Gasteiger partial charge in [0.05, 0.1) is 6.61 Å². The second-order valence-corrected chi connectivity index (χ2v) is 5.29. The molecule has 0 unspecified atom stereocenters. The van der Waals surface area contributed by atoms with E-state index in [-0.39, 0.29) is 18.1 Å². The summed E-state index contributed by atoms with van der Waals surface area (Å²) in [6.45, 7) is 5.68. The Morgan fingerprint density at radius 2 is 1.88 bits per heavy atom. The second-order valence-electron chi connectivity index (χ2n) is 5.29. The highest BCUT2D eigenvalue weighted by Gasteiger charge is 2.16. The summed E-state index contributed by atoms with van der Waals surface area (Å²) in [6, 6.07) is 8.85. The van der Waals surface area contributed by atoms with Gasteiger partial charge in [-0.05, 0) is 56.2 Å². The van der Waals surface area contributed by atoms with Crippen molar-refractivity contribution < 1.29 is 19.1 Å². The third-order valence-electron chi connectivity index (χ3n) is 3.11. The van der Waals surface area contributed by atoms with Crippen molar-refractivity contribution in [2.24, 2.45) is 0 Å². The van der Waals surface area contributed by atoms with Crippen LogP contribution in [0.4, 0.5) is 5.69 Å². The van der Waals surface area contributed by atoms with Gasteiger partial charge in [0.15, 0.2) is 6.61 Å². The molecule has 0 saturated carbocycles. The molecule has 0 spiro atoms. The molecule has 0 aliphatic carbocycles. The molecule has 126 valence electrons. The molecule has 6 nitrogen and oxygen atoms in total. The number of carbonyl (C=O) groups excluding carboxylic acids is 2. The van der Waals surface area contributed by atoms with E-state index < -0.39 is 11.9 Å². The predicted octanol–water partition coefficient (Wildman–Crippen LogP) is 2.89. The summed E-state index contributed by atoms with van der Waals surface area (Å²) in [5, 5.41) is 2.71. The van der Waals surface area contributed by atoms with E-state index in [0.29, 0.717) is 12.3 Å². The van der Waals surface area contributed by atoms with Crippen molar-refractivity contribution in [2.45, 2.75) is 20.8 Å². The van der Waals surface area contributed by atoms with Crippen LogP contribution in [0.2, 0.25) is 0 Å². The lowest BCUT2D eigenvalue weighted by atomic mass is 10.1. The number of nitrogens with one attached hydrogen (secondary N) is 1. The van der Waals surface area contributed by atoms with Gasteiger partial charge in [0.25, 0.3) is 5.91 Å². The molecule has 0 saturated heterocycles. The molecular formula is C18H20N2O4. The van der Waals surface area contributed by atoms with Crippen molar-refractivity contribution in [2.75, 3.05) is 18.5 Å². The zero-order valence-corrected chi connectivity index (χ0v) is 14.0. The maximum absolute atomic E-state index is 12.1. The van der Waals surface area contributed by atoms with Gasteiger partial charge >= 0.3 is 5.97 Å². The van der Waals surface area contributed by atoms with E-state index in [1.165, 1.54) is 6.20 Å². The van der Waals surface area contributed by atoms with Crippen molar-refractivity contribution >= 4 is 17.6 Å². The molecule has 0 aliphatic heterocycles. The lowest BCUT2D eigenvalue weighted by molar-refractivity contribution is -0.119. The summed E-state index contributed by atoms with van der Waals surface area (Å²) in [6.07, 6.45) is 1.52. The van der Waals surface area contributed by atoms with Gasteiger partial charge in [-0.25, -0.2) is 9.78 Å². The fourth-order valence-corrected chi connectivity index (χ4v) is 2.25. The van der Waals surface area contributed by atoms with Gasteiger partial charge in [0.2, 0.25) is 5.88 Å². The van der Waals surface area contributed by atoms with Crippen molar-refractivity contribution in [3.8, 4) is 5.88 Å². The van der Waals surface area contributed by atoms with E-state index in [1.54, 1.807) is 19.1 Å². The lowest BCUT2D eigenvalue weighted by Gasteiger charge is -2.10. The number of pyridine rings is 1. The van der Waals surface area contributed by atoms with Crippen LogP contribution in [0.15, 0.2) is 36.5 Å². The summed E-state index contributed by atoms with van der Waals surface area (Å²) in [4.78, 5) is 28.0. The number of hydrogen-bond donors (Lipinski definition) is 1. The van der Waals surface area contributed by atoms with Crippen LogP contribution in [0.1, 0.15) is 28.4 Å². The lowest BCUT2D eigenvalue weighted by Crippen LogP contribution is -2.21. The Bertz CT molecular complexity index is 723. The molecular weight excluding hydrogens is 308 g/mol. The van der Waals surface area contributed by atoms with Gasteiger partial charge in [-0.1, -0.05) is 6.07 Å². The fourth-order valence-electron chi connectivity index (χ4n) is 2.25.